The van der Waals surface area contributed by atoms with Crippen LogP contribution in [0, 0.1) is 17.8 Å². The van der Waals surface area contributed by atoms with Crippen molar-refractivity contribution in [3.8, 4) is 16.8 Å². The molecule has 0 N–H and O–H groups in total. The van der Waals surface area contributed by atoms with Crippen molar-refractivity contribution in [2.24, 2.45) is 17.8 Å². The van der Waals surface area contributed by atoms with E-state index >= 15 is 0 Å². The Morgan fingerprint density at radius 1 is 0.462 bits per heavy atom. The summed E-state index contributed by atoms with van der Waals surface area (Å²) in [5, 5.41) is 5.09. The van der Waals surface area contributed by atoms with Crippen molar-refractivity contribution in [3.05, 3.63) is 169 Å². The van der Waals surface area contributed by atoms with E-state index in [1.54, 1.807) is 5.56 Å². The van der Waals surface area contributed by atoms with E-state index in [4.69, 9.17) is 0 Å². The number of anilines is 3. The Balaban J connectivity index is 0.999. The van der Waals surface area contributed by atoms with Crippen molar-refractivity contribution in [2.45, 2.75) is 43.9 Å². The molecule has 1 heterocycles. The van der Waals surface area contributed by atoms with Gasteiger partial charge in [0.05, 0.1) is 16.7 Å². The monoisotopic (exact) mass is 670 g/mol. The van der Waals surface area contributed by atoms with Crippen molar-refractivity contribution >= 4 is 49.6 Å². The molecule has 4 bridgehead atoms. The van der Waals surface area contributed by atoms with E-state index in [1.807, 2.05) is 0 Å². The topological polar surface area (TPSA) is 8.17 Å². The van der Waals surface area contributed by atoms with Gasteiger partial charge in [-0.3, -0.25) is 0 Å². The van der Waals surface area contributed by atoms with Crippen LogP contribution in [-0.4, -0.2) is 4.57 Å². The van der Waals surface area contributed by atoms with Crippen molar-refractivity contribution in [3.63, 3.8) is 0 Å². The molecule has 12 rings (SSSR count). The number of hydrogen-bond donors (Lipinski definition) is 0. The highest BCUT2D eigenvalue weighted by atomic mass is 15.1. The van der Waals surface area contributed by atoms with Crippen molar-refractivity contribution in [1.29, 1.82) is 0 Å². The Hall–Kier alpha value is -5.60. The van der Waals surface area contributed by atoms with E-state index in [1.165, 1.54) is 99.3 Å². The summed E-state index contributed by atoms with van der Waals surface area (Å²) < 4.78 is 2.48. The zero-order valence-corrected chi connectivity index (χ0v) is 29.5. The Labute approximate surface area is 306 Å². The average molecular weight is 671 g/mol. The van der Waals surface area contributed by atoms with Gasteiger partial charge in [0.2, 0.25) is 0 Å². The smallest absolute Gasteiger partial charge is 0.0619 e. The van der Waals surface area contributed by atoms with Gasteiger partial charge in [-0.05, 0) is 127 Å². The summed E-state index contributed by atoms with van der Waals surface area (Å²) in [4.78, 5) is 2.41. The van der Waals surface area contributed by atoms with Crippen LogP contribution < -0.4 is 4.90 Å². The molecule has 4 fully saturated rings. The highest BCUT2D eigenvalue weighted by molar-refractivity contribution is 6.18. The fourth-order valence-corrected chi connectivity index (χ4v) is 11.1. The molecule has 0 spiro atoms. The number of aromatic nitrogens is 1. The lowest BCUT2D eigenvalue weighted by molar-refractivity contribution is -0.00518. The Morgan fingerprint density at radius 2 is 1.04 bits per heavy atom. The normalized spacial score (nSPS) is 22.0. The fraction of sp³-hybridized carbons (Fsp3) is 0.200. The molecule has 0 saturated heterocycles. The standard InChI is InChI=1S/C50H42N2/c1-2-11-40(12-3-1)51(42-25-21-39(22-26-42)50-31-34-28-35(32-50)30-36(29-34)33-50)41-23-18-38(19-24-41)43-13-6-8-16-47(43)52-48-17-9-7-15-45(48)46-27-20-37-10-4-5-14-44(37)49(46)52/h1-27,34-36H,28-33H2. The lowest BCUT2D eigenvalue weighted by atomic mass is 9.48. The van der Waals surface area contributed by atoms with Crippen LogP contribution in [0.3, 0.4) is 0 Å². The molecule has 0 atom stereocenters. The second-order valence-electron chi connectivity index (χ2n) is 16.0. The van der Waals surface area contributed by atoms with Crippen LogP contribution in [0.1, 0.15) is 44.1 Å². The lowest BCUT2D eigenvalue weighted by Crippen LogP contribution is -2.48. The maximum absolute atomic E-state index is 2.48. The van der Waals surface area contributed by atoms with Crippen LogP contribution in [0.25, 0.3) is 49.4 Å². The van der Waals surface area contributed by atoms with Crippen LogP contribution in [0.15, 0.2) is 164 Å². The third-order valence-electron chi connectivity index (χ3n) is 12.9. The van der Waals surface area contributed by atoms with Crippen LogP contribution in [0.4, 0.5) is 17.1 Å². The lowest BCUT2D eigenvalue weighted by Gasteiger charge is -2.57. The first-order valence-electron chi connectivity index (χ1n) is 19.3. The average Bonchev–Trinajstić information content (AvgIpc) is 3.53. The molecule has 4 aliphatic carbocycles. The molecule has 52 heavy (non-hydrogen) atoms. The summed E-state index contributed by atoms with van der Waals surface area (Å²) in [7, 11) is 0. The summed E-state index contributed by atoms with van der Waals surface area (Å²) in [6.07, 6.45) is 8.64. The first-order chi connectivity index (χ1) is 25.7. The van der Waals surface area contributed by atoms with E-state index in [9.17, 15) is 0 Å². The minimum Gasteiger partial charge on any atom is -0.311 e. The molecule has 2 heteroatoms. The first-order valence-corrected chi connectivity index (χ1v) is 19.3. The van der Waals surface area contributed by atoms with Gasteiger partial charge in [-0.2, -0.15) is 0 Å². The second-order valence-corrected chi connectivity index (χ2v) is 16.0. The Morgan fingerprint density at radius 3 is 1.77 bits per heavy atom. The number of benzene rings is 7. The highest BCUT2D eigenvalue weighted by Gasteiger charge is 2.51. The number of fused-ring (bicyclic) bond motifs is 5. The molecule has 252 valence electrons. The minimum atomic E-state index is 0.405. The van der Waals surface area contributed by atoms with Gasteiger partial charge in [-0.25, -0.2) is 0 Å². The summed E-state index contributed by atoms with van der Waals surface area (Å²) in [6, 6.07) is 60.8. The summed E-state index contributed by atoms with van der Waals surface area (Å²) in [5.41, 5.74) is 11.6. The number of rotatable bonds is 6. The number of para-hydroxylation sites is 3. The van der Waals surface area contributed by atoms with Crippen molar-refractivity contribution < 1.29 is 0 Å². The van der Waals surface area contributed by atoms with Crippen LogP contribution in [0.5, 0.6) is 0 Å². The van der Waals surface area contributed by atoms with Gasteiger partial charge in [-0.15, -0.1) is 0 Å². The van der Waals surface area contributed by atoms with E-state index < -0.39 is 0 Å². The minimum absolute atomic E-state index is 0.405. The van der Waals surface area contributed by atoms with Gasteiger partial charge in [0.25, 0.3) is 0 Å². The maximum atomic E-state index is 2.48. The van der Waals surface area contributed by atoms with Gasteiger partial charge < -0.3 is 9.47 Å². The predicted octanol–water partition coefficient (Wildman–Crippen LogP) is 13.5. The van der Waals surface area contributed by atoms with Gasteiger partial charge >= 0.3 is 0 Å². The maximum Gasteiger partial charge on any atom is 0.0619 e. The molecule has 0 aliphatic heterocycles. The van der Waals surface area contributed by atoms with E-state index in [-0.39, 0.29) is 0 Å². The molecule has 0 unspecified atom stereocenters. The van der Waals surface area contributed by atoms with Crippen molar-refractivity contribution in [1.82, 2.24) is 4.57 Å². The summed E-state index contributed by atoms with van der Waals surface area (Å²) in [5.74, 6) is 2.85. The van der Waals surface area contributed by atoms with Crippen LogP contribution in [-0.2, 0) is 5.41 Å². The van der Waals surface area contributed by atoms with Gasteiger partial charge in [0, 0.05) is 38.8 Å². The van der Waals surface area contributed by atoms with Crippen LogP contribution in [0.2, 0.25) is 0 Å². The van der Waals surface area contributed by atoms with Crippen LogP contribution >= 0.6 is 0 Å². The van der Waals surface area contributed by atoms with E-state index in [0.29, 0.717) is 5.41 Å². The molecule has 4 saturated carbocycles. The summed E-state index contributed by atoms with van der Waals surface area (Å²) >= 11 is 0. The summed E-state index contributed by atoms with van der Waals surface area (Å²) in [6.45, 7) is 0. The molecular weight excluding hydrogens is 629 g/mol. The molecule has 7 aromatic carbocycles. The fourth-order valence-electron chi connectivity index (χ4n) is 11.1. The quantitative estimate of drug-likeness (QED) is 0.171. The zero-order valence-electron chi connectivity index (χ0n) is 29.5. The molecular formula is C50H42N2. The molecule has 0 amide bonds. The molecule has 2 nitrogen and oxygen atoms in total. The molecule has 0 radical (unpaired) electrons. The third-order valence-corrected chi connectivity index (χ3v) is 12.9. The Kier molecular flexibility index (Phi) is 6.77. The highest BCUT2D eigenvalue weighted by Crippen LogP contribution is 2.61. The molecule has 4 aliphatic rings. The van der Waals surface area contributed by atoms with Gasteiger partial charge in [0.1, 0.15) is 0 Å². The largest absolute Gasteiger partial charge is 0.311 e. The van der Waals surface area contributed by atoms with E-state index in [2.05, 4.69) is 173 Å². The Bertz CT molecular complexity index is 2560. The predicted molar refractivity (Wildman–Crippen MR) is 218 cm³/mol. The van der Waals surface area contributed by atoms with Gasteiger partial charge in [0.15, 0.2) is 0 Å². The number of hydrogen-bond acceptors (Lipinski definition) is 1. The molecule has 1 aromatic heterocycles. The number of nitrogens with zero attached hydrogens (tertiary/aromatic N) is 2. The first kappa shape index (κ1) is 30.1. The third kappa shape index (κ3) is 4.70. The SMILES string of the molecule is c1ccc(N(c2ccc(-c3ccccc3-n3c4ccccc4c4ccc5ccccc5c43)cc2)c2ccc(C34CC5CC(CC(C5)C3)C4)cc2)cc1. The van der Waals surface area contributed by atoms with E-state index in [0.717, 1.165) is 23.4 Å². The van der Waals surface area contributed by atoms with Crippen molar-refractivity contribution in [2.75, 3.05) is 4.90 Å². The molecule has 8 aromatic rings. The zero-order chi connectivity index (χ0) is 34.2. The second kappa shape index (κ2) is 11.7. The van der Waals surface area contributed by atoms with Gasteiger partial charge in [-0.1, -0.05) is 115 Å².